The second-order valence-corrected chi connectivity index (χ2v) is 4.13. The minimum absolute atomic E-state index is 0.509. The van der Waals surface area contributed by atoms with Crippen molar-refractivity contribution >= 4 is 27.4 Å². The lowest BCUT2D eigenvalue weighted by Gasteiger charge is -1.95. The van der Waals surface area contributed by atoms with Crippen molar-refractivity contribution < 1.29 is 0 Å². The third-order valence-corrected chi connectivity index (χ3v) is 3.03. The second kappa shape index (κ2) is 3.06. The number of fused-ring (bicyclic) bond motifs is 1. The van der Waals surface area contributed by atoms with Crippen LogP contribution in [0, 0.1) is 0 Å². The Bertz CT molecular complexity index is 610. The molecule has 0 spiro atoms. The molecule has 0 atom stereocenters. The number of benzene rings is 1. The molecule has 5 heteroatoms. The highest BCUT2D eigenvalue weighted by molar-refractivity contribution is 7.16. The number of rotatable bonds is 1. The zero-order valence-electron chi connectivity index (χ0n) is 7.77. The topological polar surface area (TPSA) is 67.6 Å². The first kappa shape index (κ1) is 8.43. The van der Waals surface area contributed by atoms with Gasteiger partial charge in [-0.1, -0.05) is 6.07 Å². The van der Waals surface area contributed by atoms with Crippen molar-refractivity contribution in [2.75, 3.05) is 5.73 Å². The Labute approximate surface area is 89.8 Å². The first-order valence-corrected chi connectivity index (χ1v) is 5.35. The van der Waals surface area contributed by atoms with Crippen LogP contribution >= 0.6 is 11.3 Å². The van der Waals surface area contributed by atoms with Gasteiger partial charge in [-0.05, 0) is 12.1 Å². The van der Waals surface area contributed by atoms with Gasteiger partial charge in [-0.15, -0.1) is 11.3 Å². The van der Waals surface area contributed by atoms with Gasteiger partial charge in [0, 0.05) is 11.6 Å². The van der Waals surface area contributed by atoms with Crippen LogP contribution in [0.15, 0.2) is 29.8 Å². The number of aromatic amines is 1. The third kappa shape index (κ3) is 1.37. The first-order valence-electron chi connectivity index (χ1n) is 4.47. The molecule has 74 valence electrons. The molecule has 1 aromatic carbocycles. The molecule has 3 rings (SSSR count). The molecule has 0 aliphatic heterocycles. The van der Waals surface area contributed by atoms with E-state index in [1.165, 1.54) is 4.70 Å². The monoisotopic (exact) mass is 216 g/mol. The number of aromatic nitrogens is 3. The summed E-state index contributed by atoms with van der Waals surface area (Å²) in [6.07, 6.45) is 0. The summed E-state index contributed by atoms with van der Waals surface area (Å²) < 4.78 is 1.17. The SMILES string of the molecule is Nc1cc(-c2ccc3ncsc3c2)[nH]n1. The fourth-order valence-corrected chi connectivity index (χ4v) is 2.22. The van der Waals surface area contributed by atoms with Crippen molar-refractivity contribution in [3.63, 3.8) is 0 Å². The van der Waals surface area contributed by atoms with Gasteiger partial charge in [-0.2, -0.15) is 5.10 Å². The number of hydrogen-bond donors (Lipinski definition) is 2. The van der Waals surface area contributed by atoms with E-state index in [0.29, 0.717) is 5.82 Å². The summed E-state index contributed by atoms with van der Waals surface area (Å²) in [6.45, 7) is 0. The quantitative estimate of drug-likeness (QED) is 0.655. The highest BCUT2D eigenvalue weighted by Crippen LogP contribution is 2.25. The Morgan fingerprint density at radius 1 is 1.27 bits per heavy atom. The molecule has 0 aliphatic carbocycles. The first-order chi connectivity index (χ1) is 7.33. The van der Waals surface area contributed by atoms with Gasteiger partial charge in [0.15, 0.2) is 0 Å². The molecule has 0 amide bonds. The van der Waals surface area contributed by atoms with Crippen LogP contribution in [0.4, 0.5) is 5.82 Å². The van der Waals surface area contributed by atoms with E-state index in [2.05, 4.69) is 21.2 Å². The predicted molar refractivity (Wildman–Crippen MR) is 61.6 cm³/mol. The molecule has 15 heavy (non-hydrogen) atoms. The van der Waals surface area contributed by atoms with E-state index >= 15 is 0 Å². The molecular formula is C10H8N4S. The van der Waals surface area contributed by atoms with E-state index < -0.39 is 0 Å². The number of anilines is 1. The van der Waals surface area contributed by atoms with Gasteiger partial charge in [0.1, 0.15) is 5.82 Å². The van der Waals surface area contributed by atoms with Crippen LogP contribution in [0.5, 0.6) is 0 Å². The lowest BCUT2D eigenvalue weighted by atomic mass is 10.1. The summed E-state index contributed by atoms with van der Waals surface area (Å²) in [6, 6.07) is 7.91. The molecule has 0 fully saturated rings. The van der Waals surface area contributed by atoms with Crippen molar-refractivity contribution in [2.24, 2.45) is 0 Å². The van der Waals surface area contributed by atoms with Crippen LogP contribution in [-0.2, 0) is 0 Å². The summed E-state index contributed by atoms with van der Waals surface area (Å²) in [5.41, 5.74) is 10.4. The average molecular weight is 216 g/mol. The molecule has 0 unspecified atom stereocenters. The zero-order valence-corrected chi connectivity index (χ0v) is 8.58. The van der Waals surface area contributed by atoms with Crippen molar-refractivity contribution in [3.05, 3.63) is 29.8 Å². The van der Waals surface area contributed by atoms with Gasteiger partial charge in [-0.25, -0.2) is 4.98 Å². The number of nitrogens with zero attached hydrogens (tertiary/aromatic N) is 2. The maximum absolute atomic E-state index is 5.56. The van der Waals surface area contributed by atoms with Crippen molar-refractivity contribution in [1.29, 1.82) is 0 Å². The van der Waals surface area contributed by atoms with Crippen LogP contribution in [0.1, 0.15) is 0 Å². The van der Waals surface area contributed by atoms with Gasteiger partial charge in [0.05, 0.1) is 21.4 Å². The lowest BCUT2D eigenvalue weighted by molar-refractivity contribution is 1.10. The third-order valence-electron chi connectivity index (χ3n) is 2.24. The normalized spacial score (nSPS) is 10.9. The van der Waals surface area contributed by atoms with E-state index in [9.17, 15) is 0 Å². The minimum Gasteiger partial charge on any atom is -0.382 e. The molecule has 2 heterocycles. The van der Waals surface area contributed by atoms with Crippen LogP contribution in [0.3, 0.4) is 0 Å². The smallest absolute Gasteiger partial charge is 0.145 e. The van der Waals surface area contributed by atoms with Gasteiger partial charge >= 0.3 is 0 Å². The van der Waals surface area contributed by atoms with Crippen molar-refractivity contribution in [3.8, 4) is 11.3 Å². The van der Waals surface area contributed by atoms with Crippen LogP contribution < -0.4 is 5.73 Å². The Kier molecular flexibility index (Phi) is 1.72. The summed E-state index contributed by atoms with van der Waals surface area (Å²) in [5.74, 6) is 0.509. The number of hydrogen-bond acceptors (Lipinski definition) is 4. The number of nitrogens with two attached hydrogens (primary N) is 1. The highest BCUT2D eigenvalue weighted by Gasteiger charge is 2.03. The van der Waals surface area contributed by atoms with Gasteiger partial charge in [-0.3, -0.25) is 5.10 Å². The van der Waals surface area contributed by atoms with Crippen LogP contribution in [0.2, 0.25) is 0 Å². The standard InChI is InChI=1S/C10H8N4S/c11-10-4-8(13-14-10)6-1-2-7-9(3-6)15-5-12-7/h1-5H,(H3,11,13,14). The number of nitrogens with one attached hydrogen (secondary N) is 1. The van der Waals surface area contributed by atoms with Crippen LogP contribution in [0.25, 0.3) is 21.5 Å². The molecule has 0 saturated carbocycles. The molecule has 0 radical (unpaired) electrons. The fourth-order valence-electron chi connectivity index (χ4n) is 1.51. The Balaban J connectivity index is 2.18. The molecule has 3 aromatic rings. The number of thiazole rings is 1. The van der Waals surface area contributed by atoms with E-state index in [4.69, 9.17) is 5.73 Å². The Hall–Kier alpha value is -1.88. The number of H-pyrrole nitrogens is 1. The lowest BCUT2D eigenvalue weighted by Crippen LogP contribution is -1.81. The molecule has 0 aliphatic rings. The summed E-state index contributed by atoms with van der Waals surface area (Å²) in [7, 11) is 0. The summed E-state index contributed by atoms with van der Waals surface area (Å²) in [4.78, 5) is 4.23. The summed E-state index contributed by atoms with van der Waals surface area (Å²) in [5, 5.41) is 6.79. The molecular weight excluding hydrogens is 208 g/mol. The van der Waals surface area contributed by atoms with Crippen LogP contribution in [-0.4, -0.2) is 15.2 Å². The maximum Gasteiger partial charge on any atom is 0.145 e. The van der Waals surface area contributed by atoms with Gasteiger partial charge in [0.25, 0.3) is 0 Å². The van der Waals surface area contributed by atoms with Gasteiger partial charge in [0.2, 0.25) is 0 Å². The molecule has 0 saturated heterocycles. The molecule has 2 aromatic heterocycles. The molecule has 3 N–H and O–H groups in total. The zero-order chi connectivity index (χ0) is 10.3. The Morgan fingerprint density at radius 2 is 2.20 bits per heavy atom. The second-order valence-electron chi connectivity index (χ2n) is 3.24. The van der Waals surface area contributed by atoms with Crippen molar-refractivity contribution in [2.45, 2.75) is 0 Å². The van der Waals surface area contributed by atoms with E-state index in [0.717, 1.165) is 16.8 Å². The molecule has 4 nitrogen and oxygen atoms in total. The minimum atomic E-state index is 0.509. The largest absolute Gasteiger partial charge is 0.382 e. The van der Waals surface area contributed by atoms with E-state index in [1.54, 1.807) is 11.3 Å². The van der Waals surface area contributed by atoms with E-state index in [1.807, 2.05) is 23.7 Å². The maximum atomic E-state index is 5.56. The van der Waals surface area contributed by atoms with E-state index in [-0.39, 0.29) is 0 Å². The Morgan fingerprint density at radius 3 is 3.00 bits per heavy atom. The van der Waals surface area contributed by atoms with Crippen molar-refractivity contribution in [1.82, 2.24) is 15.2 Å². The van der Waals surface area contributed by atoms with Gasteiger partial charge < -0.3 is 5.73 Å². The predicted octanol–water partition coefficient (Wildman–Crippen LogP) is 2.27. The average Bonchev–Trinajstić information content (AvgIpc) is 2.84. The molecule has 0 bridgehead atoms. The number of nitrogen functional groups attached to an aromatic ring is 1. The fraction of sp³-hybridized carbons (Fsp3) is 0. The highest BCUT2D eigenvalue weighted by atomic mass is 32.1. The summed E-state index contributed by atoms with van der Waals surface area (Å²) >= 11 is 1.63.